The average molecular weight is 240 g/mol. The van der Waals surface area contributed by atoms with Gasteiger partial charge in [0, 0.05) is 13.1 Å². The number of ether oxygens (including phenoxy) is 1. The van der Waals surface area contributed by atoms with Crippen molar-refractivity contribution in [3.8, 4) is 5.75 Å². The minimum Gasteiger partial charge on any atom is -0.492 e. The van der Waals surface area contributed by atoms with Gasteiger partial charge in [-0.2, -0.15) is 0 Å². The van der Waals surface area contributed by atoms with E-state index in [-0.39, 0.29) is 13.2 Å². The Morgan fingerprint density at radius 1 is 1.06 bits per heavy atom. The van der Waals surface area contributed by atoms with E-state index in [0.717, 1.165) is 16.9 Å². The molecule has 5 heteroatoms. The Kier molecular flexibility index (Phi) is 5.59. The van der Waals surface area contributed by atoms with Gasteiger partial charge in [0.05, 0.1) is 31.7 Å². The van der Waals surface area contributed by atoms with E-state index >= 15 is 0 Å². The number of nitrogens with one attached hydrogen (secondary N) is 2. The van der Waals surface area contributed by atoms with Crippen molar-refractivity contribution >= 4 is 11.4 Å². The summed E-state index contributed by atoms with van der Waals surface area (Å²) in [5.74, 6) is 0.692. The molecule has 5 nitrogen and oxygen atoms in total. The van der Waals surface area contributed by atoms with Crippen molar-refractivity contribution in [3.63, 3.8) is 0 Å². The zero-order valence-corrected chi connectivity index (χ0v) is 10.3. The van der Waals surface area contributed by atoms with Gasteiger partial charge in [0.25, 0.3) is 0 Å². The van der Waals surface area contributed by atoms with Crippen molar-refractivity contribution in [2.45, 2.75) is 6.92 Å². The molecular weight excluding hydrogens is 220 g/mol. The van der Waals surface area contributed by atoms with Crippen LogP contribution in [-0.4, -0.2) is 43.6 Å². The van der Waals surface area contributed by atoms with Gasteiger partial charge in [-0.05, 0) is 24.6 Å². The molecule has 1 rings (SSSR count). The highest BCUT2D eigenvalue weighted by atomic mass is 16.5. The second kappa shape index (κ2) is 6.98. The van der Waals surface area contributed by atoms with E-state index in [1.54, 1.807) is 7.11 Å². The van der Waals surface area contributed by atoms with Crippen LogP contribution in [0.15, 0.2) is 12.1 Å². The fourth-order valence-corrected chi connectivity index (χ4v) is 1.64. The van der Waals surface area contributed by atoms with Crippen LogP contribution in [0.4, 0.5) is 11.4 Å². The van der Waals surface area contributed by atoms with E-state index in [0.29, 0.717) is 18.8 Å². The van der Waals surface area contributed by atoms with Crippen molar-refractivity contribution < 1.29 is 14.9 Å². The Morgan fingerprint density at radius 2 is 1.53 bits per heavy atom. The van der Waals surface area contributed by atoms with E-state index in [9.17, 15) is 0 Å². The zero-order valence-electron chi connectivity index (χ0n) is 10.3. The lowest BCUT2D eigenvalue weighted by Crippen LogP contribution is -2.10. The molecule has 4 N–H and O–H groups in total. The summed E-state index contributed by atoms with van der Waals surface area (Å²) in [5.41, 5.74) is 2.75. The van der Waals surface area contributed by atoms with Gasteiger partial charge >= 0.3 is 0 Å². The molecule has 1 aromatic rings. The highest BCUT2D eigenvalue weighted by molar-refractivity contribution is 5.72. The maximum absolute atomic E-state index is 8.82. The molecule has 0 aromatic heterocycles. The van der Waals surface area contributed by atoms with Crippen LogP contribution in [0.25, 0.3) is 0 Å². The second-order valence-electron chi connectivity index (χ2n) is 3.69. The quantitative estimate of drug-likeness (QED) is 0.567. The molecule has 0 radical (unpaired) electrons. The monoisotopic (exact) mass is 240 g/mol. The minimum atomic E-state index is 0.0660. The normalized spacial score (nSPS) is 10.1. The van der Waals surface area contributed by atoms with Gasteiger partial charge in [-0.1, -0.05) is 0 Å². The van der Waals surface area contributed by atoms with Crippen LogP contribution in [0.3, 0.4) is 0 Å². The first-order chi connectivity index (χ1) is 8.22. The first-order valence-electron chi connectivity index (χ1n) is 5.61. The van der Waals surface area contributed by atoms with Crippen LogP contribution in [0.5, 0.6) is 5.75 Å². The number of rotatable bonds is 7. The number of benzene rings is 1. The second-order valence-corrected chi connectivity index (χ2v) is 3.69. The summed E-state index contributed by atoms with van der Waals surface area (Å²) in [5, 5.41) is 23.8. The smallest absolute Gasteiger partial charge is 0.165 e. The number of methoxy groups -OCH3 is 1. The summed E-state index contributed by atoms with van der Waals surface area (Å²) >= 11 is 0. The maximum Gasteiger partial charge on any atom is 0.165 e. The minimum absolute atomic E-state index is 0.0660. The van der Waals surface area contributed by atoms with E-state index in [4.69, 9.17) is 14.9 Å². The zero-order chi connectivity index (χ0) is 12.7. The molecule has 0 amide bonds. The van der Waals surface area contributed by atoms with Gasteiger partial charge in [0.2, 0.25) is 0 Å². The topological polar surface area (TPSA) is 73.8 Å². The van der Waals surface area contributed by atoms with E-state index in [1.807, 2.05) is 19.1 Å². The fraction of sp³-hybridized carbons (Fsp3) is 0.500. The van der Waals surface area contributed by atoms with Crippen molar-refractivity contribution in [1.82, 2.24) is 0 Å². The lowest BCUT2D eigenvalue weighted by Gasteiger charge is -2.16. The molecule has 0 saturated heterocycles. The summed E-state index contributed by atoms with van der Waals surface area (Å²) in [6.45, 7) is 3.05. The largest absolute Gasteiger partial charge is 0.492 e. The van der Waals surface area contributed by atoms with E-state index < -0.39 is 0 Å². The predicted molar refractivity (Wildman–Crippen MR) is 68.9 cm³/mol. The third kappa shape index (κ3) is 3.80. The molecular formula is C12H20N2O3. The lowest BCUT2D eigenvalue weighted by molar-refractivity contribution is 0.310. The Balaban J connectivity index is 2.97. The molecule has 0 fully saturated rings. The fourth-order valence-electron chi connectivity index (χ4n) is 1.64. The average Bonchev–Trinajstić information content (AvgIpc) is 2.33. The van der Waals surface area contributed by atoms with Crippen molar-refractivity contribution in [3.05, 3.63) is 17.7 Å². The van der Waals surface area contributed by atoms with Gasteiger partial charge in [0.15, 0.2) is 5.75 Å². The predicted octanol–water partition coefficient (Wildman–Crippen LogP) is 0.812. The number of aliphatic hydroxyl groups excluding tert-OH is 2. The molecule has 0 bridgehead atoms. The standard InChI is InChI=1S/C12H20N2O3/c1-9-7-10(13-3-5-15)12(17-2)11(8-9)14-4-6-16/h7-8,13-16H,3-6H2,1-2H3. The third-order valence-electron chi connectivity index (χ3n) is 2.29. The molecule has 0 aliphatic rings. The number of aryl methyl sites for hydroxylation is 1. The van der Waals surface area contributed by atoms with Crippen molar-refractivity contribution in [2.75, 3.05) is 44.0 Å². The SMILES string of the molecule is COc1c(NCCO)cc(C)cc1NCCO. The molecule has 96 valence electrons. The van der Waals surface area contributed by atoms with Gasteiger partial charge in [-0.3, -0.25) is 0 Å². The summed E-state index contributed by atoms with van der Waals surface area (Å²) in [6.07, 6.45) is 0. The number of hydrogen-bond donors (Lipinski definition) is 4. The summed E-state index contributed by atoms with van der Waals surface area (Å²) < 4.78 is 5.34. The van der Waals surface area contributed by atoms with E-state index in [2.05, 4.69) is 10.6 Å². The molecule has 0 aliphatic carbocycles. The number of anilines is 2. The van der Waals surface area contributed by atoms with Crippen LogP contribution in [0.2, 0.25) is 0 Å². The molecule has 0 aliphatic heterocycles. The summed E-state index contributed by atoms with van der Waals surface area (Å²) in [6, 6.07) is 3.91. The first-order valence-corrected chi connectivity index (χ1v) is 5.61. The van der Waals surface area contributed by atoms with Gasteiger partial charge in [0.1, 0.15) is 0 Å². The van der Waals surface area contributed by atoms with Crippen LogP contribution in [0.1, 0.15) is 5.56 Å². The van der Waals surface area contributed by atoms with Gasteiger partial charge < -0.3 is 25.6 Å². The van der Waals surface area contributed by atoms with Crippen molar-refractivity contribution in [1.29, 1.82) is 0 Å². The van der Waals surface area contributed by atoms with Crippen molar-refractivity contribution in [2.24, 2.45) is 0 Å². The van der Waals surface area contributed by atoms with Gasteiger partial charge in [-0.25, -0.2) is 0 Å². The lowest BCUT2D eigenvalue weighted by atomic mass is 10.1. The van der Waals surface area contributed by atoms with Crippen LogP contribution < -0.4 is 15.4 Å². The molecule has 0 saturated carbocycles. The summed E-state index contributed by atoms with van der Waals surface area (Å²) in [7, 11) is 1.60. The third-order valence-corrected chi connectivity index (χ3v) is 2.29. The molecule has 1 aromatic carbocycles. The van der Waals surface area contributed by atoms with Crippen LogP contribution >= 0.6 is 0 Å². The molecule has 0 spiro atoms. The maximum atomic E-state index is 8.82. The Morgan fingerprint density at radius 3 is 1.88 bits per heavy atom. The highest BCUT2D eigenvalue weighted by Crippen LogP contribution is 2.34. The number of hydrogen-bond acceptors (Lipinski definition) is 5. The Hall–Kier alpha value is -1.46. The first kappa shape index (κ1) is 13.6. The summed E-state index contributed by atoms with van der Waals surface area (Å²) in [4.78, 5) is 0. The molecule has 0 atom stereocenters. The molecule has 0 heterocycles. The van der Waals surface area contributed by atoms with E-state index in [1.165, 1.54) is 0 Å². The molecule has 17 heavy (non-hydrogen) atoms. The molecule has 0 unspecified atom stereocenters. The Bertz CT molecular complexity index is 327. The van der Waals surface area contributed by atoms with Gasteiger partial charge in [-0.15, -0.1) is 0 Å². The number of aliphatic hydroxyl groups is 2. The Labute approximate surface area is 101 Å². The van der Waals surface area contributed by atoms with Crippen LogP contribution in [-0.2, 0) is 0 Å². The highest BCUT2D eigenvalue weighted by Gasteiger charge is 2.09. The van der Waals surface area contributed by atoms with Crippen LogP contribution in [0, 0.1) is 6.92 Å².